The Morgan fingerprint density at radius 2 is 0.870 bits per heavy atom. The molecule has 4 heteroatoms. The lowest BCUT2D eigenvalue weighted by Gasteiger charge is -2.14. The molecule has 0 atom stereocenters. The summed E-state index contributed by atoms with van der Waals surface area (Å²) in [6, 6.07) is 65.6. The molecule has 0 fully saturated rings. The fraction of sp³-hybridized carbons (Fsp3) is 0. The molecule has 4 nitrogen and oxygen atoms in total. The van der Waals surface area contributed by atoms with Crippen molar-refractivity contribution < 1.29 is 0 Å². The second-order valence-corrected chi connectivity index (χ2v) is 13.4. The van der Waals surface area contributed by atoms with Crippen LogP contribution in [-0.4, -0.2) is 19.9 Å². The molecule has 0 radical (unpaired) electrons. The number of fused-ring (bicyclic) bond motifs is 4. The van der Waals surface area contributed by atoms with Crippen molar-refractivity contribution in [2.45, 2.75) is 0 Å². The second-order valence-electron chi connectivity index (χ2n) is 13.4. The van der Waals surface area contributed by atoms with Gasteiger partial charge in [-0.1, -0.05) is 170 Å². The van der Waals surface area contributed by atoms with E-state index in [1.165, 1.54) is 10.9 Å². The minimum Gasteiger partial charge on any atom is -0.254 e. The van der Waals surface area contributed by atoms with Crippen molar-refractivity contribution in [2.75, 3.05) is 0 Å². The van der Waals surface area contributed by atoms with Crippen LogP contribution in [0, 0.1) is 0 Å². The molecule has 0 saturated heterocycles. The average molecular weight is 689 g/mol. The minimum absolute atomic E-state index is 0.697. The number of aromatic nitrogens is 4. The van der Waals surface area contributed by atoms with Crippen molar-refractivity contribution in [3.8, 4) is 67.4 Å². The Labute approximate surface area is 313 Å². The summed E-state index contributed by atoms with van der Waals surface area (Å²) in [7, 11) is 0. The molecule has 0 bridgehead atoms. The van der Waals surface area contributed by atoms with E-state index in [9.17, 15) is 0 Å². The smallest absolute Gasteiger partial charge is 0.160 e. The molecule has 54 heavy (non-hydrogen) atoms. The van der Waals surface area contributed by atoms with Crippen molar-refractivity contribution >= 4 is 32.6 Å². The first-order valence-corrected chi connectivity index (χ1v) is 18.1. The highest BCUT2D eigenvalue weighted by Gasteiger charge is 2.16. The first-order chi connectivity index (χ1) is 26.8. The SMILES string of the molecule is c1ccc(-c2nc(-c3ccc(-c4ccc(-c5ccc6ccc7cccnc7c6n5)c5ccccc45)cc3)cc(-c3ccccc3-c3ccccc3)n2)cc1. The Bertz CT molecular complexity index is 2970. The molecule has 0 spiro atoms. The maximum Gasteiger partial charge on any atom is 0.160 e. The second kappa shape index (κ2) is 13.4. The van der Waals surface area contributed by atoms with Crippen molar-refractivity contribution in [2.24, 2.45) is 0 Å². The van der Waals surface area contributed by atoms with Gasteiger partial charge in [0.1, 0.15) is 0 Å². The number of hydrogen-bond donors (Lipinski definition) is 0. The zero-order chi connectivity index (χ0) is 35.8. The van der Waals surface area contributed by atoms with Crippen LogP contribution in [0.15, 0.2) is 194 Å². The molecular weight excluding hydrogens is 657 g/mol. The number of pyridine rings is 2. The summed E-state index contributed by atoms with van der Waals surface area (Å²) in [5.41, 5.74) is 13.3. The predicted molar refractivity (Wildman–Crippen MR) is 223 cm³/mol. The first kappa shape index (κ1) is 31.4. The number of rotatable bonds is 6. The van der Waals surface area contributed by atoms with E-state index in [1.54, 1.807) is 0 Å². The summed E-state index contributed by atoms with van der Waals surface area (Å²) in [4.78, 5) is 20.1. The standard InChI is InChI=1S/C50H32N4/c1-3-12-33(13-4-1)39-17-7-10-20-43(39)47-32-46(53-50(54-47)38-14-5-2-6-15-38)35-23-21-34(22-24-35)40-28-29-44(42-19-9-8-18-41(40)42)45-30-27-37-26-25-36-16-11-31-51-48(36)49(37)52-45/h1-32H. The molecule has 0 amide bonds. The van der Waals surface area contributed by atoms with E-state index < -0.39 is 0 Å². The zero-order valence-corrected chi connectivity index (χ0v) is 29.3. The maximum atomic E-state index is 5.18. The van der Waals surface area contributed by atoms with Crippen molar-refractivity contribution in [3.05, 3.63) is 194 Å². The van der Waals surface area contributed by atoms with E-state index in [1.807, 2.05) is 36.5 Å². The largest absolute Gasteiger partial charge is 0.254 e. The van der Waals surface area contributed by atoms with Crippen molar-refractivity contribution in [1.82, 2.24) is 19.9 Å². The fourth-order valence-electron chi connectivity index (χ4n) is 7.49. The molecule has 10 rings (SSSR count). The molecule has 0 aliphatic heterocycles. The van der Waals surface area contributed by atoms with Gasteiger partial charge in [-0.3, -0.25) is 4.98 Å². The third-order valence-electron chi connectivity index (χ3n) is 10.2. The topological polar surface area (TPSA) is 51.6 Å². The lowest BCUT2D eigenvalue weighted by Crippen LogP contribution is -1.97. The molecule has 10 aromatic rings. The third-order valence-corrected chi connectivity index (χ3v) is 10.2. The van der Waals surface area contributed by atoms with Crippen LogP contribution in [0.1, 0.15) is 0 Å². The maximum absolute atomic E-state index is 5.18. The lowest BCUT2D eigenvalue weighted by atomic mass is 9.92. The first-order valence-electron chi connectivity index (χ1n) is 18.1. The summed E-state index contributed by atoms with van der Waals surface area (Å²) in [6.45, 7) is 0. The van der Waals surface area contributed by atoms with E-state index in [0.29, 0.717) is 5.82 Å². The molecule has 3 aromatic heterocycles. The Morgan fingerprint density at radius 3 is 1.65 bits per heavy atom. The van der Waals surface area contributed by atoms with Crippen molar-refractivity contribution in [3.63, 3.8) is 0 Å². The highest BCUT2D eigenvalue weighted by Crippen LogP contribution is 2.38. The summed E-state index contributed by atoms with van der Waals surface area (Å²) in [5.74, 6) is 0.697. The summed E-state index contributed by atoms with van der Waals surface area (Å²) in [6.07, 6.45) is 1.84. The van der Waals surface area contributed by atoms with Gasteiger partial charge in [0, 0.05) is 39.2 Å². The number of nitrogens with zero attached hydrogens (tertiary/aromatic N) is 4. The van der Waals surface area contributed by atoms with Crippen LogP contribution in [0.4, 0.5) is 0 Å². The highest BCUT2D eigenvalue weighted by atomic mass is 14.9. The number of benzene rings is 7. The van der Waals surface area contributed by atoms with Gasteiger partial charge in [-0.2, -0.15) is 0 Å². The highest BCUT2D eigenvalue weighted by molar-refractivity contribution is 6.07. The van der Waals surface area contributed by atoms with E-state index in [0.717, 1.165) is 83.2 Å². The van der Waals surface area contributed by atoms with E-state index in [4.69, 9.17) is 15.0 Å². The van der Waals surface area contributed by atoms with E-state index >= 15 is 0 Å². The van der Waals surface area contributed by atoms with E-state index in [-0.39, 0.29) is 0 Å². The predicted octanol–water partition coefficient (Wildman–Crippen LogP) is 12.7. The van der Waals surface area contributed by atoms with Crippen LogP contribution in [0.2, 0.25) is 0 Å². The quantitative estimate of drug-likeness (QED) is 0.163. The fourth-order valence-corrected chi connectivity index (χ4v) is 7.49. The third kappa shape index (κ3) is 5.67. The van der Waals surface area contributed by atoms with Crippen LogP contribution in [-0.2, 0) is 0 Å². The van der Waals surface area contributed by atoms with Crippen LogP contribution >= 0.6 is 0 Å². The molecule has 0 N–H and O–H groups in total. The molecule has 0 aliphatic carbocycles. The van der Waals surface area contributed by atoms with Crippen LogP contribution in [0.3, 0.4) is 0 Å². The van der Waals surface area contributed by atoms with Gasteiger partial charge in [0.15, 0.2) is 5.82 Å². The van der Waals surface area contributed by atoms with Crippen LogP contribution < -0.4 is 0 Å². The summed E-state index contributed by atoms with van der Waals surface area (Å²) >= 11 is 0. The van der Waals surface area contributed by atoms with E-state index in [2.05, 4.69) is 163 Å². The Morgan fingerprint density at radius 1 is 0.296 bits per heavy atom. The van der Waals surface area contributed by atoms with Gasteiger partial charge in [-0.05, 0) is 51.2 Å². The molecule has 3 heterocycles. The van der Waals surface area contributed by atoms with Crippen molar-refractivity contribution in [1.29, 1.82) is 0 Å². The van der Waals surface area contributed by atoms with Crippen LogP contribution in [0.5, 0.6) is 0 Å². The van der Waals surface area contributed by atoms with Gasteiger partial charge in [-0.25, -0.2) is 15.0 Å². The van der Waals surface area contributed by atoms with Gasteiger partial charge < -0.3 is 0 Å². The molecule has 0 unspecified atom stereocenters. The Kier molecular flexibility index (Phi) is 7.77. The minimum atomic E-state index is 0.697. The Balaban J connectivity index is 1.06. The summed E-state index contributed by atoms with van der Waals surface area (Å²) < 4.78 is 0. The lowest BCUT2D eigenvalue weighted by molar-refractivity contribution is 1.18. The molecule has 7 aromatic carbocycles. The molecule has 252 valence electrons. The monoisotopic (exact) mass is 688 g/mol. The summed E-state index contributed by atoms with van der Waals surface area (Å²) in [5, 5.41) is 4.50. The zero-order valence-electron chi connectivity index (χ0n) is 29.3. The normalized spacial score (nSPS) is 11.3. The molecule has 0 saturated carbocycles. The van der Waals surface area contributed by atoms with Gasteiger partial charge >= 0.3 is 0 Å². The van der Waals surface area contributed by atoms with Gasteiger partial charge in [-0.15, -0.1) is 0 Å². The van der Waals surface area contributed by atoms with Gasteiger partial charge in [0.25, 0.3) is 0 Å². The molecular formula is C50H32N4. The van der Waals surface area contributed by atoms with Gasteiger partial charge in [0.05, 0.1) is 28.1 Å². The van der Waals surface area contributed by atoms with Gasteiger partial charge in [0.2, 0.25) is 0 Å². The van der Waals surface area contributed by atoms with Crippen LogP contribution in [0.25, 0.3) is 100.0 Å². The molecule has 0 aliphatic rings. The average Bonchev–Trinajstić information content (AvgIpc) is 3.26. The Hall–Kier alpha value is -7.30. The number of hydrogen-bond acceptors (Lipinski definition) is 4.